The molecule has 0 bridgehead atoms. The summed E-state index contributed by atoms with van der Waals surface area (Å²) in [7, 11) is 1.69. The van der Waals surface area contributed by atoms with Gasteiger partial charge in [-0.3, -0.25) is 4.79 Å². The Hall–Kier alpha value is -3.32. The van der Waals surface area contributed by atoms with Crippen LogP contribution >= 0.6 is 11.3 Å². The van der Waals surface area contributed by atoms with Gasteiger partial charge in [-0.05, 0) is 54.3 Å². The van der Waals surface area contributed by atoms with Crippen molar-refractivity contribution in [2.24, 2.45) is 0 Å². The number of rotatable bonds is 4. The van der Waals surface area contributed by atoms with Crippen LogP contribution in [-0.2, 0) is 0 Å². The minimum Gasteiger partial charge on any atom is -0.309 e. The first-order chi connectivity index (χ1) is 13.5. The van der Waals surface area contributed by atoms with E-state index in [9.17, 15) is 9.18 Å². The van der Waals surface area contributed by atoms with E-state index >= 15 is 0 Å². The summed E-state index contributed by atoms with van der Waals surface area (Å²) in [4.78, 5) is 19.8. The van der Waals surface area contributed by atoms with Gasteiger partial charge in [-0.25, -0.2) is 14.1 Å². The lowest BCUT2D eigenvalue weighted by Crippen LogP contribution is -2.27. The van der Waals surface area contributed by atoms with Gasteiger partial charge < -0.3 is 4.90 Å². The fraction of sp³-hybridized carbons (Fsp3) is 0.0952. The molecule has 0 fully saturated rings. The number of thiophene rings is 1. The fourth-order valence-corrected chi connectivity index (χ4v) is 3.56. The quantitative estimate of drug-likeness (QED) is 0.505. The van der Waals surface area contributed by atoms with E-state index in [1.54, 1.807) is 19.2 Å². The number of carbonyl (C=O) groups excluding carboxylic acids is 1. The van der Waals surface area contributed by atoms with Crippen LogP contribution in [0.3, 0.4) is 0 Å². The van der Waals surface area contributed by atoms with E-state index in [0.29, 0.717) is 11.5 Å². The zero-order chi connectivity index (χ0) is 19.7. The van der Waals surface area contributed by atoms with Gasteiger partial charge in [0.15, 0.2) is 5.82 Å². The molecule has 2 aromatic heterocycles. The van der Waals surface area contributed by atoms with Gasteiger partial charge in [0.1, 0.15) is 5.82 Å². The standard InChI is InChI=1S/C21H17FN4OS/c1-14-6-3-8-16(12-14)25(2)21(27)19-23-20(18-10-5-11-28-18)26(24-19)17-9-4-7-15(22)13-17/h3-13H,1-2H3. The van der Waals surface area contributed by atoms with E-state index in [4.69, 9.17) is 0 Å². The highest BCUT2D eigenvalue weighted by Crippen LogP contribution is 2.26. The van der Waals surface area contributed by atoms with Gasteiger partial charge in [0.2, 0.25) is 5.82 Å². The predicted octanol–water partition coefficient (Wildman–Crippen LogP) is 4.72. The average molecular weight is 392 g/mol. The molecule has 140 valence electrons. The molecular formula is C21H17FN4OS. The maximum Gasteiger partial charge on any atom is 0.297 e. The van der Waals surface area contributed by atoms with E-state index in [2.05, 4.69) is 10.1 Å². The third-order valence-corrected chi connectivity index (χ3v) is 5.15. The summed E-state index contributed by atoms with van der Waals surface area (Å²) in [5.41, 5.74) is 2.31. The van der Waals surface area contributed by atoms with Gasteiger partial charge in [-0.15, -0.1) is 16.4 Å². The van der Waals surface area contributed by atoms with Gasteiger partial charge in [-0.2, -0.15) is 0 Å². The van der Waals surface area contributed by atoms with Crippen molar-refractivity contribution in [1.29, 1.82) is 0 Å². The Balaban J connectivity index is 1.78. The summed E-state index contributed by atoms with van der Waals surface area (Å²) >= 11 is 1.48. The molecule has 0 spiro atoms. The number of nitrogens with zero attached hydrogens (tertiary/aromatic N) is 4. The molecule has 0 saturated carbocycles. The highest BCUT2D eigenvalue weighted by atomic mass is 32.1. The number of aromatic nitrogens is 3. The van der Waals surface area contributed by atoms with Crippen LogP contribution in [0.1, 0.15) is 16.2 Å². The Morgan fingerprint density at radius 3 is 2.64 bits per heavy atom. The first-order valence-electron chi connectivity index (χ1n) is 8.64. The molecule has 0 aliphatic heterocycles. The van der Waals surface area contributed by atoms with Crippen molar-refractivity contribution in [3.05, 3.63) is 83.2 Å². The number of aryl methyl sites for hydroxylation is 1. The van der Waals surface area contributed by atoms with Crippen molar-refractivity contribution in [2.45, 2.75) is 6.92 Å². The zero-order valence-corrected chi connectivity index (χ0v) is 16.2. The molecule has 7 heteroatoms. The highest BCUT2D eigenvalue weighted by Gasteiger charge is 2.23. The zero-order valence-electron chi connectivity index (χ0n) is 15.3. The maximum absolute atomic E-state index is 13.7. The molecule has 0 atom stereocenters. The number of halogens is 1. The molecule has 2 heterocycles. The van der Waals surface area contributed by atoms with Crippen LogP contribution in [0, 0.1) is 12.7 Å². The van der Waals surface area contributed by atoms with Crippen molar-refractivity contribution >= 4 is 22.9 Å². The summed E-state index contributed by atoms with van der Waals surface area (Å²) in [5, 5.41) is 6.32. The minimum absolute atomic E-state index is 0.0525. The topological polar surface area (TPSA) is 51.0 Å². The third-order valence-electron chi connectivity index (χ3n) is 4.29. The smallest absolute Gasteiger partial charge is 0.297 e. The molecule has 0 saturated heterocycles. The first-order valence-corrected chi connectivity index (χ1v) is 9.52. The van der Waals surface area contributed by atoms with Gasteiger partial charge in [0.25, 0.3) is 5.91 Å². The summed E-state index contributed by atoms with van der Waals surface area (Å²) in [6.07, 6.45) is 0. The van der Waals surface area contributed by atoms with Crippen LogP contribution in [0.5, 0.6) is 0 Å². The van der Waals surface area contributed by atoms with E-state index in [0.717, 1.165) is 16.1 Å². The fourth-order valence-electron chi connectivity index (χ4n) is 2.86. The minimum atomic E-state index is -0.380. The van der Waals surface area contributed by atoms with Gasteiger partial charge >= 0.3 is 0 Å². The van der Waals surface area contributed by atoms with Crippen LogP contribution in [0.15, 0.2) is 66.0 Å². The van der Waals surface area contributed by atoms with Crippen molar-refractivity contribution in [2.75, 3.05) is 11.9 Å². The predicted molar refractivity (Wildman–Crippen MR) is 109 cm³/mol. The van der Waals surface area contributed by atoms with Gasteiger partial charge in [0, 0.05) is 12.7 Å². The molecule has 4 aromatic rings. The lowest BCUT2D eigenvalue weighted by Gasteiger charge is -2.15. The van der Waals surface area contributed by atoms with Crippen LogP contribution in [0.4, 0.5) is 10.1 Å². The number of hydrogen-bond donors (Lipinski definition) is 0. The number of hydrogen-bond acceptors (Lipinski definition) is 4. The highest BCUT2D eigenvalue weighted by molar-refractivity contribution is 7.13. The second kappa shape index (κ2) is 7.36. The van der Waals surface area contributed by atoms with Gasteiger partial charge in [0.05, 0.1) is 10.6 Å². The molecule has 28 heavy (non-hydrogen) atoms. The molecule has 0 N–H and O–H groups in total. The lowest BCUT2D eigenvalue weighted by molar-refractivity contribution is 0.0983. The lowest BCUT2D eigenvalue weighted by atomic mass is 10.2. The van der Waals surface area contributed by atoms with E-state index in [1.165, 1.54) is 33.1 Å². The van der Waals surface area contributed by atoms with Crippen molar-refractivity contribution in [1.82, 2.24) is 14.8 Å². The van der Waals surface area contributed by atoms with Crippen LogP contribution < -0.4 is 4.90 Å². The van der Waals surface area contributed by atoms with Crippen molar-refractivity contribution < 1.29 is 9.18 Å². The average Bonchev–Trinajstić information content (AvgIpc) is 3.36. The summed E-state index contributed by atoms with van der Waals surface area (Å²) < 4.78 is 15.3. The van der Waals surface area contributed by atoms with E-state index in [-0.39, 0.29) is 17.5 Å². The molecular weight excluding hydrogens is 375 g/mol. The number of amides is 1. The van der Waals surface area contributed by atoms with Crippen LogP contribution in [-0.4, -0.2) is 27.7 Å². The molecule has 4 rings (SSSR count). The number of anilines is 1. The Morgan fingerprint density at radius 2 is 1.93 bits per heavy atom. The summed E-state index contributed by atoms with van der Waals surface area (Å²) in [5.74, 6) is -0.160. The Kier molecular flexibility index (Phi) is 4.75. The molecule has 5 nitrogen and oxygen atoms in total. The molecule has 2 aromatic carbocycles. The van der Waals surface area contributed by atoms with Crippen LogP contribution in [0.25, 0.3) is 16.4 Å². The van der Waals surface area contributed by atoms with Crippen molar-refractivity contribution in [3.63, 3.8) is 0 Å². The second-order valence-electron chi connectivity index (χ2n) is 6.33. The molecule has 0 unspecified atom stereocenters. The molecule has 1 amide bonds. The van der Waals surface area contributed by atoms with Crippen molar-refractivity contribution in [3.8, 4) is 16.4 Å². The van der Waals surface area contributed by atoms with Gasteiger partial charge in [-0.1, -0.05) is 24.3 Å². The number of benzene rings is 2. The largest absolute Gasteiger partial charge is 0.309 e. The van der Waals surface area contributed by atoms with E-state index in [1.807, 2.05) is 48.7 Å². The Labute approximate surface area is 165 Å². The normalized spacial score (nSPS) is 10.8. The van der Waals surface area contributed by atoms with Crippen LogP contribution in [0.2, 0.25) is 0 Å². The Bertz CT molecular complexity index is 1140. The third kappa shape index (κ3) is 3.44. The second-order valence-corrected chi connectivity index (χ2v) is 7.28. The molecule has 0 radical (unpaired) electrons. The first kappa shape index (κ1) is 18.1. The maximum atomic E-state index is 13.7. The number of carbonyl (C=O) groups is 1. The Morgan fingerprint density at radius 1 is 1.11 bits per heavy atom. The molecule has 0 aliphatic rings. The monoisotopic (exact) mass is 392 g/mol. The summed E-state index contributed by atoms with van der Waals surface area (Å²) in [6, 6.07) is 17.5. The molecule has 0 aliphatic carbocycles. The summed E-state index contributed by atoms with van der Waals surface area (Å²) in [6.45, 7) is 1.97. The SMILES string of the molecule is Cc1cccc(N(C)C(=O)c2nc(-c3cccs3)n(-c3cccc(F)c3)n2)c1. The van der Waals surface area contributed by atoms with E-state index < -0.39 is 0 Å².